The number of carbonyl (C=O) groups is 2. The quantitative estimate of drug-likeness (QED) is 0.633. The number of nitrogens with one attached hydrogen (secondary N) is 1. The number of rotatable bonds is 5. The number of hydrogen-bond acceptors (Lipinski definition) is 3. The molecule has 0 aromatic rings. The van der Waals surface area contributed by atoms with Gasteiger partial charge in [0, 0.05) is 6.42 Å². The molecule has 0 bridgehead atoms. The van der Waals surface area contributed by atoms with Crippen LogP contribution in [0.1, 0.15) is 26.7 Å². The largest absolute Gasteiger partial charge is 0.311 e. The van der Waals surface area contributed by atoms with E-state index < -0.39 is 0 Å². The van der Waals surface area contributed by atoms with Crippen LogP contribution in [0.25, 0.3) is 0 Å². The smallest absolute Gasteiger partial charge is 0.146 e. The molecule has 0 saturated carbocycles. The first-order chi connectivity index (χ1) is 5.07. The van der Waals surface area contributed by atoms with Crippen molar-refractivity contribution in [2.45, 2.75) is 32.7 Å². The number of Topliss-reactive ketones (excluding diaryl/α,β-unsaturated/α-hetero) is 2. The van der Waals surface area contributed by atoms with Gasteiger partial charge >= 0.3 is 0 Å². The summed E-state index contributed by atoms with van der Waals surface area (Å²) in [5.74, 6) is 0.222. The lowest BCUT2D eigenvalue weighted by Gasteiger charge is -2.10. The van der Waals surface area contributed by atoms with Crippen molar-refractivity contribution < 1.29 is 9.59 Å². The molecule has 0 aliphatic rings. The van der Waals surface area contributed by atoms with Gasteiger partial charge in [-0.15, -0.1) is 0 Å². The zero-order valence-electron chi connectivity index (χ0n) is 7.31. The van der Waals surface area contributed by atoms with E-state index in [0.717, 1.165) is 0 Å². The Morgan fingerprint density at radius 3 is 2.18 bits per heavy atom. The molecule has 0 rings (SSSR count). The minimum Gasteiger partial charge on any atom is -0.311 e. The number of likely N-dealkylation sites (N-methyl/N-ethyl adjacent to an activating group) is 1. The Kier molecular flexibility index (Phi) is 4.70. The monoisotopic (exact) mass is 157 g/mol. The Hall–Kier alpha value is -0.700. The van der Waals surface area contributed by atoms with Crippen molar-refractivity contribution >= 4 is 11.6 Å². The lowest BCUT2D eigenvalue weighted by atomic mass is 10.1. The third-order valence-electron chi connectivity index (χ3n) is 1.62. The first kappa shape index (κ1) is 10.3. The minimum absolute atomic E-state index is 0.0914. The molecule has 0 spiro atoms. The molecule has 0 aliphatic heterocycles. The molecule has 3 nitrogen and oxygen atoms in total. The number of hydrogen-bond donors (Lipinski definition) is 1. The summed E-state index contributed by atoms with van der Waals surface area (Å²) in [5.41, 5.74) is 0. The van der Waals surface area contributed by atoms with Crippen molar-refractivity contribution in [3.63, 3.8) is 0 Å². The molecule has 11 heavy (non-hydrogen) atoms. The molecular weight excluding hydrogens is 142 g/mol. The summed E-state index contributed by atoms with van der Waals surface area (Å²) in [6, 6.07) is -0.154. The van der Waals surface area contributed by atoms with Crippen molar-refractivity contribution in [3.05, 3.63) is 0 Å². The highest BCUT2D eigenvalue weighted by molar-refractivity contribution is 5.82. The fourth-order valence-electron chi connectivity index (χ4n) is 0.898. The first-order valence-electron chi connectivity index (χ1n) is 3.75. The zero-order valence-corrected chi connectivity index (χ0v) is 7.31. The van der Waals surface area contributed by atoms with E-state index in [0.29, 0.717) is 12.8 Å². The summed E-state index contributed by atoms with van der Waals surface area (Å²) in [7, 11) is 1.73. The average Bonchev–Trinajstić information content (AvgIpc) is 1.87. The van der Waals surface area contributed by atoms with Gasteiger partial charge in [0.15, 0.2) is 0 Å². The average molecular weight is 157 g/mol. The van der Waals surface area contributed by atoms with Gasteiger partial charge in [-0.25, -0.2) is 0 Å². The summed E-state index contributed by atoms with van der Waals surface area (Å²) in [6.07, 6.45) is 1.09. The van der Waals surface area contributed by atoms with Gasteiger partial charge in [0.1, 0.15) is 11.6 Å². The molecule has 0 unspecified atom stereocenters. The Morgan fingerprint density at radius 2 is 1.91 bits per heavy atom. The molecule has 1 N–H and O–H groups in total. The van der Waals surface area contributed by atoms with Crippen LogP contribution in [0.15, 0.2) is 0 Å². The van der Waals surface area contributed by atoms with E-state index in [1.807, 2.05) is 0 Å². The molecule has 0 saturated heterocycles. The summed E-state index contributed by atoms with van der Waals surface area (Å²) in [6.45, 7) is 3.06. The topological polar surface area (TPSA) is 46.2 Å². The van der Waals surface area contributed by atoms with Crippen LogP contribution in [0.4, 0.5) is 0 Å². The van der Waals surface area contributed by atoms with Crippen LogP contribution in [0.5, 0.6) is 0 Å². The van der Waals surface area contributed by atoms with Crippen molar-refractivity contribution in [2.24, 2.45) is 0 Å². The molecule has 0 amide bonds. The summed E-state index contributed by atoms with van der Waals surface area (Å²) in [5, 5.41) is 2.86. The summed E-state index contributed by atoms with van der Waals surface area (Å²) in [4.78, 5) is 21.4. The Labute approximate surface area is 67.2 Å². The van der Waals surface area contributed by atoms with Gasteiger partial charge in [-0.3, -0.25) is 4.79 Å². The fourth-order valence-corrected chi connectivity index (χ4v) is 0.898. The highest BCUT2D eigenvalue weighted by atomic mass is 16.1. The molecule has 0 heterocycles. The van der Waals surface area contributed by atoms with Crippen molar-refractivity contribution in [1.29, 1.82) is 0 Å². The third kappa shape index (κ3) is 4.67. The normalized spacial score (nSPS) is 12.6. The third-order valence-corrected chi connectivity index (χ3v) is 1.62. The van der Waals surface area contributed by atoms with Gasteiger partial charge < -0.3 is 10.1 Å². The van der Waals surface area contributed by atoms with Crippen LogP contribution in [0.2, 0.25) is 0 Å². The SMILES string of the molecule is CN[C@H](CCC(C)=O)C(C)=O. The molecule has 0 aromatic heterocycles. The predicted octanol–water partition coefficient (Wildman–Crippen LogP) is 0.533. The Morgan fingerprint density at radius 1 is 1.36 bits per heavy atom. The van der Waals surface area contributed by atoms with E-state index in [-0.39, 0.29) is 17.6 Å². The maximum absolute atomic E-state index is 10.8. The lowest BCUT2D eigenvalue weighted by Crippen LogP contribution is -2.32. The summed E-state index contributed by atoms with van der Waals surface area (Å²) < 4.78 is 0. The lowest BCUT2D eigenvalue weighted by molar-refractivity contribution is -0.119. The number of ketones is 2. The molecule has 1 atom stereocenters. The van der Waals surface area contributed by atoms with Gasteiger partial charge in [0.2, 0.25) is 0 Å². The second kappa shape index (κ2) is 5.02. The van der Waals surface area contributed by atoms with E-state index in [9.17, 15) is 9.59 Å². The zero-order chi connectivity index (χ0) is 8.85. The highest BCUT2D eigenvalue weighted by Crippen LogP contribution is 1.98. The van der Waals surface area contributed by atoms with Gasteiger partial charge in [-0.2, -0.15) is 0 Å². The minimum atomic E-state index is -0.154. The van der Waals surface area contributed by atoms with Gasteiger partial charge in [-0.1, -0.05) is 0 Å². The predicted molar refractivity (Wildman–Crippen MR) is 43.4 cm³/mol. The number of carbonyl (C=O) groups excluding carboxylic acids is 2. The van der Waals surface area contributed by atoms with Crippen molar-refractivity contribution in [3.8, 4) is 0 Å². The highest BCUT2D eigenvalue weighted by Gasteiger charge is 2.11. The molecule has 0 fully saturated rings. The standard InChI is InChI=1S/C8H15NO2/c1-6(10)4-5-8(9-3)7(2)11/h8-9H,4-5H2,1-3H3/t8-/m1/s1. The maximum Gasteiger partial charge on any atom is 0.146 e. The van der Waals surface area contributed by atoms with Gasteiger partial charge in [0.05, 0.1) is 6.04 Å². The van der Waals surface area contributed by atoms with Crippen LogP contribution < -0.4 is 5.32 Å². The van der Waals surface area contributed by atoms with E-state index in [1.165, 1.54) is 13.8 Å². The maximum atomic E-state index is 10.8. The first-order valence-corrected chi connectivity index (χ1v) is 3.75. The van der Waals surface area contributed by atoms with E-state index in [2.05, 4.69) is 5.32 Å². The van der Waals surface area contributed by atoms with Crippen LogP contribution in [0, 0.1) is 0 Å². The second-order valence-electron chi connectivity index (χ2n) is 2.69. The van der Waals surface area contributed by atoms with E-state index in [1.54, 1.807) is 7.05 Å². The van der Waals surface area contributed by atoms with Gasteiger partial charge in [-0.05, 0) is 27.3 Å². The summed E-state index contributed by atoms with van der Waals surface area (Å²) >= 11 is 0. The molecule has 0 radical (unpaired) electrons. The van der Waals surface area contributed by atoms with Crippen LogP contribution in [0.3, 0.4) is 0 Å². The van der Waals surface area contributed by atoms with Crippen LogP contribution in [-0.4, -0.2) is 24.7 Å². The van der Waals surface area contributed by atoms with Crippen LogP contribution in [-0.2, 0) is 9.59 Å². The molecule has 0 aromatic carbocycles. The van der Waals surface area contributed by atoms with Crippen molar-refractivity contribution in [2.75, 3.05) is 7.05 Å². The molecule has 64 valence electrons. The molecule has 0 aliphatic carbocycles. The Bertz CT molecular complexity index is 154. The van der Waals surface area contributed by atoms with Crippen molar-refractivity contribution in [1.82, 2.24) is 5.32 Å². The molecular formula is C8H15NO2. The van der Waals surface area contributed by atoms with E-state index in [4.69, 9.17) is 0 Å². The second-order valence-corrected chi connectivity index (χ2v) is 2.69. The Balaban J connectivity index is 3.70. The van der Waals surface area contributed by atoms with Gasteiger partial charge in [0.25, 0.3) is 0 Å². The fraction of sp³-hybridized carbons (Fsp3) is 0.750. The van der Waals surface area contributed by atoms with Crippen LogP contribution >= 0.6 is 0 Å². The molecule has 3 heteroatoms. The van der Waals surface area contributed by atoms with E-state index >= 15 is 0 Å².